The van der Waals surface area contributed by atoms with Crippen LogP contribution in [0, 0.1) is 5.41 Å². The fraction of sp³-hybridized carbons (Fsp3) is 0.179. The van der Waals surface area contributed by atoms with Crippen molar-refractivity contribution in [1.82, 2.24) is 9.97 Å². The molecule has 0 radical (unpaired) electrons. The number of carboxylic acid groups (broad SMARTS) is 1. The maximum absolute atomic E-state index is 11.7. The monoisotopic (exact) mass is 647 g/mol. The first-order valence-electron chi connectivity index (χ1n) is 15.4. The number of para-hydroxylation sites is 2. The molecular formula is C39H34N3NaO5. The van der Waals surface area contributed by atoms with Crippen molar-refractivity contribution in [2.75, 3.05) is 0 Å². The zero-order valence-corrected chi connectivity index (χ0v) is 29.2. The van der Waals surface area contributed by atoms with Gasteiger partial charge in [-0.1, -0.05) is 91.8 Å². The quantitative estimate of drug-likeness (QED) is 0.0922. The van der Waals surface area contributed by atoms with E-state index in [9.17, 15) is 15.1 Å². The van der Waals surface area contributed by atoms with Crippen LogP contribution >= 0.6 is 0 Å². The number of pyridine rings is 2. The van der Waals surface area contributed by atoms with Crippen LogP contribution in [0.1, 0.15) is 48.7 Å². The minimum Gasteiger partial charge on any atom is -0.543 e. The summed E-state index contributed by atoms with van der Waals surface area (Å²) < 4.78 is 12.1. The third-order valence-electron chi connectivity index (χ3n) is 8.27. The van der Waals surface area contributed by atoms with Crippen LogP contribution in [0.5, 0.6) is 11.5 Å². The summed E-state index contributed by atoms with van der Waals surface area (Å²) in [5.41, 5.74) is 4.26. The van der Waals surface area contributed by atoms with E-state index in [2.05, 4.69) is 15.1 Å². The first-order chi connectivity index (χ1) is 22.8. The molecule has 6 rings (SSSR count). The van der Waals surface area contributed by atoms with Gasteiger partial charge in [0.15, 0.2) is 0 Å². The molecule has 0 saturated heterocycles. The van der Waals surface area contributed by atoms with Crippen LogP contribution in [0.15, 0.2) is 126 Å². The van der Waals surface area contributed by atoms with Crippen LogP contribution in [-0.2, 0) is 18.0 Å². The van der Waals surface area contributed by atoms with E-state index >= 15 is 0 Å². The molecule has 0 spiro atoms. The van der Waals surface area contributed by atoms with Gasteiger partial charge in [0, 0.05) is 23.1 Å². The number of hydrogen-bond donors (Lipinski definition) is 1. The van der Waals surface area contributed by atoms with E-state index in [-0.39, 0.29) is 41.9 Å². The molecule has 236 valence electrons. The molecule has 0 aliphatic carbocycles. The molecule has 8 nitrogen and oxygen atoms in total. The average molecular weight is 648 g/mol. The van der Waals surface area contributed by atoms with Gasteiger partial charge in [0.25, 0.3) is 0 Å². The van der Waals surface area contributed by atoms with Gasteiger partial charge in [-0.15, -0.1) is 0 Å². The molecule has 0 aliphatic heterocycles. The van der Waals surface area contributed by atoms with Crippen LogP contribution in [0.2, 0.25) is 0 Å². The van der Waals surface area contributed by atoms with Gasteiger partial charge >= 0.3 is 29.6 Å². The summed E-state index contributed by atoms with van der Waals surface area (Å²) in [6.07, 6.45) is -0.0196. The molecule has 0 atom stereocenters. The van der Waals surface area contributed by atoms with E-state index in [1.165, 1.54) is 0 Å². The number of oxime groups is 1. The van der Waals surface area contributed by atoms with E-state index in [4.69, 9.17) is 9.47 Å². The van der Waals surface area contributed by atoms with E-state index in [1.807, 2.05) is 135 Å². The van der Waals surface area contributed by atoms with Gasteiger partial charge in [-0.05, 0) is 65.1 Å². The van der Waals surface area contributed by atoms with Crippen molar-refractivity contribution < 1.29 is 54.1 Å². The standard InChI is InChI=1S/C39H35N3O5.Na/c1-39(2,23-36(42-45)38(43)44)37(28-13-19-32(20-14-28)46-24-30-17-11-26-7-3-5-9-34(26)40-30)29-15-21-33(22-16-29)47-25-31-18-12-27-8-4-6-10-35(27)41-31;/h3-22,37,45H,23-25H2,1-2H3,(H,43,44);/q;+1/p-1. The fourth-order valence-electron chi connectivity index (χ4n) is 5.98. The third-order valence-corrected chi connectivity index (χ3v) is 8.27. The number of carboxylic acids is 1. The zero-order valence-electron chi connectivity index (χ0n) is 27.2. The normalized spacial score (nSPS) is 11.8. The molecule has 0 saturated carbocycles. The SMILES string of the molecule is CC(C)(CC(=NO)C(=O)[O-])C(c1ccc(OCc2ccc3ccccc3n2)cc1)c1ccc(OCc2ccc3ccccc3n2)cc1.[Na+]. The molecule has 0 bridgehead atoms. The van der Waals surface area contributed by atoms with Crippen LogP contribution in [-0.4, -0.2) is 26.9 Å². The van der Waals surface area contributed by atoms with Gasteiger partial charge < -0.3 is 24.6 Å². The topological polar surface area (TPSA) is 117 Å². The minimum absolute atomic E-state index is 0. The Morgan fingerprint density at radius 3 is 1.56 bits per heavy atom. The summed E-state index contributed by atoms with van der Waals surface area (Å²) in [4.78, 5) is 21.0. The van der Waals surface area contributed by atoms with Gasteiger partial charge in [-0.25, -0.2) is 9.97 Å². The van der Waals surface area contributed by atoms with Gasteiger partial charge in [0.05, 0.1) is 28.4 Å². The van der Waals surface area contributed by atoms with E-state index in [0.717, 1.165) is 44.3 Å². The summed E-state index contributed by atoms with van der Waals surface area (Å²) in [5, 5.41) is 26.2. The predicted molar refractivity (Wildman–Crippen MR) is 180 cm³/mol. The minimum atomic E-state index is -1.50. The van der Waals surface area contributed by atoms with Crippen LogP contribution in [0.3, 0.4) is 0 Å². The van der Waals surface area contributed by atoms with E-state index in [0.29, 0.717) is 24.7 Å². The Labute approximate surface area is 301 Å². The number of rotatable bonds is 12. The Balaban J connectivity index is 0.00000451. The Morgan fingerprint density at radius 2 is 1.15 bits per heavy atom. The number of hydrogen-bond acceptors (Lipinski definition) is 8. The molecule has 48 heavy (non-hydrogen) atoms. The summed E-state index contributed by atoms with van der Waals surface area (Å²) in [5.74, 6) is -0.417. The number of nitrogens with zero attached hydrogens (tertiary/aromatic N) is 3. The Bertz CT molecular complexity index is 1920. The summed E-state index contributed by atoms with van der Waals surface area (Å²) >= 11 is 0. The van der Waals surface area contributed by atoms with Crippen molar-refractivity contribution in [3.05, 3.63) is 144 Å². The first kappa shape index (κ1) is 34.6. The molecule has 1 N–H and O–H groups in total. The number of aliphatic carboxylic acids is 1. The Kier molecular flexibility index (Phi) is 11.1. The molecule has 6 aromatic rings. The molecule has 0 amide bonds. The van der Waals surface area contributed by atoms with Gasteiger partial charge in [0.2, 0.25) is 0 Å². The second kappa shape index (κ2) is 15.4. The molecule has 2 aromatic heterocycles. The van der Waals surface area contributed by atoms with Crippen molar-refractivity contribution in [1.29, 1.82) is 0 Å². The van der Waals surface area contributed by atoms with Crippen LogP contribution in [0.4, 0.5) is 0 Å². The first-order valence-corrected chi connectivity index (χ1v) is 15.4. The number of aromatic nitrogens is 2. The molecular weight excluding hydrogens is 613 g/mol. The van der Waals surface area contributed by atoms with Crippen LogP contribution < -0.4 is 44.1 Å². The number of benzene rings is 4. The smallest absolute Gasteiger partial charge is 0.543 e. The maximum Gasteiger partial charge on any atom is 1.00 e. The summed E-state index contributed by atoms with van der Waals surface area (Å²) in [6, 6.07) is 39.3. The Morgan fingerprint density at radius 1 is 0.708 bits per heavy atom. The third kappa shape index (κ3) is 8.20. The van der Waals surface area contributed by atoms with Crippen molar-refractivity contribution >= 4 is 33.5 Å². The fourth-order valence-corrected chi connectivity index (χ4v) is 5.98. The number of fused-ring (bicyclic) bond motifs is 2. The Hall–Kier alpha value is -4.76. The van der Waals surface area contributed by atoms with Gasteiger partial charge in [-0.3, -0.25) is 0 Å². The van der Waals surface area contributed by atoms with E-state index < -0.39 is 17.1 Å². The molecule has 2 heterocycles. The second-order valence-electron chi connectivity index (χ2n) is 12.1. The molecule has 0 fully saturated rings. The van der Waals surface area contributed by atoms with Crippen molar-refractivity contribution in [2.24, 2.45) is 10.6 Å². The number of carbonyl (C=O) groups is 1. The number of carbonyl (C=O) groups excluding carboxylic acids is 1. The predicted octanol–water partition coefficient (Wildman–Crippen LogP) is 4.07. The van der Waals surface area contributed by atoms with Gasteiger partial charge in [0.1, 0.15) is 30.4 Å². The molecule has 0 aliphatic rings. The summed E-state index contributed by atoms with van der Waals surface area (Å²) in [6.45, 7) is 4.52. The second-order valence-corrected chi connectivity index (χ2v) is 12.1. The van der Waals surface area contributed by atoms with Gasteiger partial charge in [-0.2, -0.15) is 0 Å². The largest absolute Gasteiger partial charge is 1.00 e. The summed E-state index contributed by atoms with van der Waals surface area (Å²) in [7, 11) is 0. The average Bonchev–Trinajstić information content (AvgIpc) is 3.09. The van der Waals surface area contributed by atoms with Crippen molar-refractivity contribution in [2.45, 2.75) is 39.4 Å². The maximum atomic E-state index is 11.7. The number of ether oxygens (including phenoxy) is 2. The molecule has 0 unspecified atom stereocenters. The molecule has 4 aromatic carbocycles. The van der Waals surface area contributed by atoms with Crippen LogP contribution in [0.25, 0.3) is 21.8 Å². The van der Waals surface area contributed by atoms with E-state index in [1.54, 1.807) is 0 Å². The van der Waals surface area contributed by atoms with Crippen molar-refractivity contribution in [3.63, 3.8) is 0 Å². The van der Waals surface area contributed by atoms with Crippen molar-refractivity contribution in [3.8, 4) is 11.5 Å². The molecule has 9 heteroatoms. The zero-order chi connectivity index (χ0) is 32.8.